The van der Waals surface area contributed by atoms with Crippen molar-refractivity contribution in [1.82, 2.24) is 4.98 Å². The summed E-state index contributed by atoms with van der Waals surface area (Å²) < 4.78 is 5.53. The molecule has 4 nitrogen and oxygen atoms in total. The molecular weight excluding hydrogens is 264 g/mol. The molecule has 1 aromatic heterocycles. The molecule has 0 aliphatic carbocycles. The standard InChI is InChI=1S/C17H16N2O2/c1-11(2)10-21-14-6-4-13(5-7-14)15-8-12(3)19-17(20)16(15)9-18/h4-8H,1,10H2,2-3H3,(H,19,20). The lowest BCUT2D eigenvalue weighted by atomic mass is 10.0. The number of aryl methyl sites for hydroxylation is 1. The smallest absolute Gasteiger partial charge is 0.266 e. The monoisotopic (exact) mass is 280 g/mol. The van der Waals surface area contributed by atoms with Crippen LogP contribution >= 0.6 is 0 Å². The first kappa shape index (κ1) is 14.6. The van der Waals surface area contributed by atoms with E-state index >= 15 is 0 Å². The Morgan fingerprint density at radius 1 is 1.38 bits per heavy atom. The van der Waals surface area contributed by atoms with Crippen LogP contribution in [-0.2, 0) is 0 Å². The zero-order valence-corrected chi connectivity index (χ0v) is 12.1. The van der Waals surface area contributed by atoms with E-state index in [1.54, 1.807) is 13.0 Å². The number of H-pyrrole nitrogens is 1. The molecule has 1 N–H and O–H groups in total. The van der Waals surface area contributed by atoms with Crippen LogP contribution in [0.15, 0.2) is 47.3 Å². The van der Waals surface area contributed by atoms with Gasteiger partial charge in [-0.2, -0.15) is 5.26 Å². The maximum atomic E-state index is 11.8. The molecular formula is C17H16N2O2. The van der Waals surface area contributed by atoms with E-state index < -0.39 is 0 Å². The summed E-state index contributed by atoms with van der Waals surface area (Å²) in [4.78, 5) is 14.4. The molecule has 0 aliphatic rings. The van der Waals surface area contributed by atoms with Gasteiger partial charge >= 0.3 is 0 Å². The first-order chi connectivity index (χ1) is 10.0. The normalized spacial score (nSPS) is 9.95. The molecule has 0 spiro atoms. The van der Waals surface area contributed by atoms with Crippen LogP contribution in [0.3, 0.4) is 0 Å². The number of hydrogen-bond donors (Lipinski definition) is 1. The molecule has 0 unspecified atom stereocenters. The lowest BCUT2D eigenvalue weighted by molar-refractivity contribution is 0.353. The quantitative estimate of drug-likeness (QED) is 0.875. The summed E-state index contributed by atoms with van der Waals surface area (Å²) in [5.74, 6) is 0.724. The van der Waals surface area contributed by atoms with Gasteiger partial charge in [0.15, 0.2) is 0 Å². The number of pyridine rings is 1. The van der Waals surface area contributed by atoms with Crippen LogP contribution in [-0.4, -0.2) is 11.6 Å². The van der Waals surface area contributed by atoms with Gasteiger partial charge in [0, 0.05) is 11.3 Å². The Labute approximate surface area is 123 Å². The second kappa shape index (κ2) is 6.10. The van der Waals surface area contributed by atoms with E-state index in [2.05, 4.69) is 11.6 Å². The van der Waals surface area contributed by atoms with E-state index in [-0.39, 0.29) is 11.1 Å². The number of nitriles is 1. The highest BCUT2D eigenvalue weighted by molar-refractivity contribution is 5.70. The van der Waals surface area contributed by atoms with Crippen molar-refractivity contribution in [3.8, 4) is 22.9 Å². The van der Waals surface area contributed by atoms with Gasteiger partial charge in [0.2, 0.25) is 0 Å². The van der Waals surface area contributed by atoms with Crippen LogP contribution in [0.4, 0.5) is 0 Å². The summed E-state index contributed by atoms with van der Waals surface area (Å²) in [6.07, 6.45) is 0. The number of nitrogens with one attached hydrogen (secondary N) is 1. The molecule has 0 radical (unpaired) electrons. The predicted octanol–water partition coefficient (Wildman–Crippen LogP) is 3.18. The molecule has 0 aliphatic heterocycles. The fourth-order valence-electron chi connectivity index (χ4n) is 1.96. The zero-order chi connectivity index (χ0) is 15.4. The van der Waals surface area contributed by atoms with Crippen molar-refractivity contribution in [1.29, 1.82) is 5.26 Å². The van der Waals surface area contributed by atoms with Crippen molar-refractivity contribution in [2.75, 3.05) is 6.61 Å². The molecule has 0 amide bonds. The maximum absolute atomic E-state index is 11.8. The van der Waals surface area contributed by atoms with Crippen LogP contribution in [0, 0.1) is 18.3 Å². The summed E-state index contributed by atoms with van der Waals surface area (Å²) >= 11 is 0. The van der Waals surface area contributed by atoms with E-state index in [1.807, 2.05) is 37.3 Å². The molecule has 2 rings (SSSR count). The van der Waals surface area contributed by atoms with Gasteiger partial charge in [-0.05, 0) is 43.2 Å². The van der Waals surface area contributed by atoms with Gasteiger partial charge in [0.1, 0.15) is 24.0 Å². The highest BCUT2D eigenvalue weighted by Gasteiger charge is 2.10. The first-order valence-electron chi connectivity index (χ1n) is 6.53. The third-order valence-electron chi connectivity index (χ3n) is 2.93. The molecule has 0 atom stereocenters. The third-order valence-corrected chi connectivity index (χ3v) is 2.93. The Bertz CT molecular complexity index is 765. The van der Waals surface area contributed by atoms with Crippen molar-refractivity contribution < 1.29 is 4.74 Å². The number of ether oxygens (including phenoxy) is 1. The minimum atomic E-state index is -0.366. The van der Waals surface area contributed by atoms with E-state index in [0.29, 0.717) is 12.2 Å². The van der Waals surface area contributed by atoms with Crippen molar-refractivity contribution in [3.63, 3.8) is 0 Å². The van der Waals surface area contributed by atoms with Crippen LogP contribution < -0.4 is 10.3 Å². The largest absolute Gasteiger partial charge is 0.489 e. The summed E-state index contributed by atoms with van der Waals surface area (Å²) in [6, 6.07) is 11.1. The van der Waals surface area contributed by atoms with Gasteiger partial charge in [0.25, 0.3) is 5.56 Å². The zero-order valence-electron chi connectivity index (χ0n) is 12.1. The van der Waals surface area contributed by atoms with Gasteiger partial charge in [-0.3, -0.25) is 4.79 Å². The molecule has 0 fully saturated rings. The Morgan fingerprint density at radius 3 is 2.62 bits per heavy atom. The van der Waals surface area contributed by atoms with Crippen LogP contribution in [0.25, 0.3) is 11.1 Å². The molecule has 21 heavy (non-hydrogen) atoms. The topological polar surface area (TPSA) is 65.9 Å². The maximum Gasteiger partial charge on any atom is 0.266 e. The Hall–Kier alpha value is -2.80. The van der Waals surface area contributed by atoms with Gasteiger partial charge < -0.3 is 9.72 Å². The fraction of sp³-hybridized carbons (Fsp3) is 0.176. The summed E-state index contributed by atoms with van der Waals surface area (Å²) in [5, 5.41) is 9.15. The van der Waals surface area contributed by atoms with Gasteiger partial charge in [-0.15, -0.1) is 0 Å². The average Bonchev–Trinajstić information content (AvgIpc) is 2.45. The van der Waals surface area contributed by atoms with E-state index in [4.69, 9.17) is 10.00 Å². The number of rotatable bonds is 4. The number of nitrogens with zero attached hydrogens (tertiary/aromatic N) is 1. The first-order valence-corrected chi connectivity index (χ1v) is 6.53. The number of aromatic amines is 1. The molecule has 0 saturated carbocycles. The number of hydrogen-bond acceptors (Lipinski definition) is 3. The van der Waals surface area contributed by atoms with Crippen LogP contribution in [0.2, 0.25) is 0 Å². The summed E-state index contributed by atoms with van der Waals surface area (Å²) in [6.45, 7) is 7.93. The SMILES string of the molecule is C=C(C)COc1ccc(-c2cc(C)[nH]c(=O)c2C#N)cc1. The Morgan fingerprint density at radius 2 is 2.05 bits per heavy atom. The van der Waals surface area contributed by atoms with Crippen molar-refractivity contribution >= 4 is 0 Å². The average molecular weight is 280 g/mol. The summed E-state index contributed by atoms with van der Waals surface area (Å²) in [5.41, 5.74) is 2.85. The number of aromatic nitrogens is 1. The van der Waals surface area contributed by atoms with E-state index in [1.165, 1.54) is 0 Å². The minimum absolute atomic E-state index is 0.121. The van der Waals surface area contributed by atoms with Crippen molar-refractivity contribution in [3.05, 3.63) is 64.1 Å². The lowest BCUT2D eigenvalue weighted by Crippen LogP contribution is -2.12. The van der Waals surface area contributed by atoms with Crippen molar-refractivity contribution in [2.24, 2.45) is 0 Å². The van der Waals surface area contributed by atoms with Crippen LogP contribution in [0.5, 0.6) is 5.75 Å². The van der Waals surface area contributed by atoms with E-state index in [9.17, 15) is 4.79 Å². The lowest BCUT2D eigenvalue weighted by Gasteiger charge is -2.08. The molecule has 2 aromatic rings. The second-order valence-electron chi connectivity index (χ2n) is 4.95. The highest BCUT2D eigenvalue weighted by atomic mass is 16.5. The highest BCUT2D eigenvalue weighted by Crippen LogP contribution is 2.24. The Kier molecular flexibility index (Phi) is 4.24. The second-order valence-corrected chi connectivity index (χ2v) is 4.95. The van der Waals surface area contributed by atoms with Gasteiger partial charge in [-0.25, -0.2) is 0 Å². The van der Waals surface area contributed by atoms with Crippen LogP contribution in [0.1, 0.15) is 18.2 Å². The predicted molar refractivity (Wildman–Crippen MR) is 82.3 cm³/mol. The van der Waals surface area contributed by atoms with Crippen molar-refractivity contribution in [2.45, 2.75) is 13.8 Å². The van der Waals surface area contributed by atoms with Gasteiger partial charge in [-0.1, -0.05) is 18.7 Å². The molecule has 0 bridgehead atoms. The molecule has 1 aromatic carbocycles. The van der Waals surface area contributed by atoms with Gasteiger partial charge in [0.05, 0.1) is 0 Å². The molecule has 1 heterocycles. The number of benzene rings is 1. The fourth-order valence-corrected chi connectivity index (χ4v) is 1.96. The third kappa shape index (κ3) is 3.40. The molecule has 106 valence electrons. The van der Waals surface area contributed by atoms with E-state index in [0.717, 1.165) is 22.6 Å². The summed E-state index contributed by atoms with van der Waals surface area (Å²) in [7, 11) is 0. The minimum Gasteiger partial charge on any atom is -0.489 e. The molecule has 4 heteroatoms. The molecule has 0 saturated heterocycles. The Balaban J connectivity index is 2.38.